The molecular weight excluding hydrogens is 292 g/mol. The van der Waals surface area contributed by atoms with Crippen molar-refractivity contribution >= 4 is 11.9 Å². The molecule has 0 saturated heterocycles. The summed E-state index contributed by atoms with van der Waals surface area (Å²) < 4.78 is 10.1. The topological polar surface area (TPSA) is 52.6 Å². The van der Waals surface area contributed by atoms with Gasteiger partial charge in [-0.1, -0.05) is 30.4 Å². The van der Waals surface area contributed by atoms with Crippen LogP contribution in [-0.4, -0.2) is 26.2 Å². The number of fused-ring (bicyclic) bond motifs is 2. The van der Waals surface area contributed by atoms with Gasteiger partial charge in [-0.05, 0) is 38.5 Å². The monoisotopic (exact) mass is 318 g/mol. The number of rotatable bonds is 2. The fourth-order valence-corrected chi connectivity index (χ4v) is 4.71. The minimum atomic E-state index is -0.349. The molecule has 0 amide bonds. The van der Waals surface area contributed by atoms with Gasteiger partial charge in [-0.2, -0.15) is 0 Å². The zero-order chi connectivity index (χ0) is 16.4. The minimum Gasteiger partial charge on any atom is -0.466 e. The summed E-state index contributed by atoms with van der Waals surface area (Å²) in [7, 11) is 2.81. The summed E-state index contributed by atoms with van der Waals surface area (Å²) in [6, 6.07) is 0. The van der Waals surface area contributed by atoms with Gasteiger partial charge >= 0.3 is 11.9 Å². The van der Waals surface area contributed by atoms with Crippen molar-refractivity contribution in [2.24, 2.45) is 11.8 Å². The number of esters is 2. The summed E-state index contributed by atoms with van der Waals surface area (Å²) in [5.41, 5.74) is 4.04. The maximum Gasteiger partial charge on any atom is 0.334 e. The lowest BCUT2D eigenvalue weighted by molar-refractivity contribution is -0.140. The summed E-state index contributed by atoms with van der Waals surface area (Å²) in [4.78, 5) is 25.0. The minimum absolute atomic E-state index is 0.0587. The maximum absolute atomic E-state index is 12.5. The SMILES string of the molecule is COC(=O)C1=C(C(=O)OC)C2CCCCC2=C2CCCCCC21. The number of carbonyl (C=O) groups excluding carboxylic acids is 2. The molecule has 0 aromatic carbocycles. The smallest absolute Gasteiger partial charge is 0.334 e. The zero-order valence-electron chi connectivity index (χ0n) is 14.2. The van der Waals surface area contributed by atoms with E-state index in [9.17, 15) is 9.59 Å². The van der Waals surface area contributed by atoms with Gasteiger partial charge in [0.15, 0.2) is 0 Å². The van der Waals surface area contributed by atoms with Crippen molar-refractivity contribution in [2.75, 3.05) is 14.2 Å². The van der Waals surface area contributed by atoms with Crippen LogP contribution in [0.25, 0.3) is 0 Å². The predicted molar refractivity (Wildman–Crippen MR) is 86.6 cm³/mol. The van der Waals surface area contributed by atoms with Crippen molar-refractivity contribution in [1.29, 1.82) is 0 Å². The Hall–Kier alpha value is -1.58. The van der Waals surface area contributed by atoms with Crippen molar-refractivity contribution in [3.8, 4) is 0 Å². The molecule has 0 N–H and O–H groups in total. The van der Waals surface area contributed by atoms with E-state index in [4.69, 9.17) is 9.47 Å². The van der Waals surface area contributed by atoms with E-state index in [1.807, 2.05) is 0 Å². The summed E-state index contributed by atoms with van der Waals surface area (Å²) in [6.07, 6.45) is 9.76. The van der Waals surface area contributed by atoms with E-state index in [1.165, 1.54) is 44.6 Å². The molecule has 0 radical (unpaired) electrons. The lowest BCUT2D eigenvalue weighted by Gasteiger charge is -2.38. The van der Waals surface area contributed by atoms with Gasteiger partial charge in [-0.25, -0.2) is 9.59 Å². The molecule has 0 heterocycles. The van der Waals surface area contributed by atoms with Crippen LogP contribution < -0.4 is 0 Å². The normalized spacial score (nSPS) is 27.7. The molecule has 126 valence electrons. The highest BCUT2D eigenvalue weighted by Gasteiger charge is 2.43. The van der Waals surface area contributed by atoms with E-state index in [0.717, 1.165) is 38.5 Å². The molecule has 2 unspecified atom stereocenters. The van der Waals surface area contributed by atoms with Gasteiger partial charge in [0.05, 0.1) is 25.4 Å². The van der Waals surface area contributed by atoms with E-state index in [2.05, 4.69) is 0 Å². The molecule has 0 aromatic heterocycles. The van der Waals surface area contributed by atoms with Crippen LogP contribution in [0.1, 0.15) is 57.8 Å². The Bertz CT molecular complexity index is 570. The first-order chi connectivity index (χ1) is 11.2. The summed E-state index contributed by atoms with van der Waals surface area (Å²) in [5, 5.41) is 0. The van der Waals surface area contributed by atoms with Crippen molar-refractivity contribution in [3.63, 3.8) is 0 Å². The molecule has 3 aliphatic rings. The number of hydrogen-bond acceptors (Lipinski definition) is 4. The van der Waals surface area contributed by atoms with Crippen LogP contribution in [0.15, 0.2) is 22.3 Å². The molecule has 0 bridgehead atoms. The molecular formula is C19H26O4. The second kappa shape index (κ2) is 6.90. The third kappa shape index (κ3) is 2.84. The first-order valence-electron chi connectivity index (χ1n) is 8.81. The second-order valence-corrected chi connectivity index (χ2v) is 6.81. The quantitative estimate of drug-likeness (QED) is 0.575. The van der Waals surface area contributed by atoms with Crippen molar-refractivity contribution in [2.45, 2.75) is 57.8 Å². The molecule has 2 atom stereocenters. The molecule has 3 aliphatic carbocycles. The van der Waals surface area contributed by atoms with Crippen LogP contribution in [0.2, 0.25) is 0 Å². The van der Waals surface area contributed by atoms with Crippen molar-refractivity contribution < 1.29 is 19.1 Å². The summed E-state index contributed by atoms with van der Waals surface area (Å²) in [5.74, 6) is -0.574. The van der Waals surface area contributed by atoms with Gasteiger partial charge in [-0.15, -0.1) is 0 Å². The molecule has 2 fully saturated rings. The van der Waals surface area contributed by atoms with Crippen LogP contribution in [0.3, 0.4) is 0 Å². The Kier molecular flexibility index (Phi) is 4.88. The Morgan fingerprint density at radius 2 is 1.17 bits per heavy atom. The molecule has 4 nitrogen and oxygen atoms in total. The highest BCUT2D eigenvalue weighted by Crippen LogP contribution is 2.50. The second-order valence-electron chi connectivity index (χ2n) is 6.81. The molecule has 4 heteroatoms. The highest BCUT2D eigenvalue weighted by atomic mass is 16.5. The van der Waals surface area contributed by atoms with E-state index in [0.29, 0.717) is 11.1 Å². The summed E-state index contributed by atoms with van der Waals surface area (Å²) >= 11 is 0. The van der Waals surface area contributed by atoms with Crippen LogP contribution in [0.5, 0.6) is 0 Å². The number of ether oxygens (including phenoxy) is 2. The number of allylic oxidation sites excluding steroid dienone is 2. The molecule has 2 saturated carbocycles. The van der Waals surface area contributed by atoms with Crippen LogP contribution in [0.4, 0.5) is 0 Å². The standard InChI is InChI=1S/C19H26O4/c1-22-18(20)16-14-10-5-3-4-8-12(14)13-9-6-7-11-15(13)17(16)19(21)23-2/h14-15H,3-11H2,1-2H3. The first kappa shape index (κ1) is 16.3. The Morgan fingerprint density at radius 3 is 1.65 bits per heavy atom. The molecule has 3 rings (SSSR count). The maximum atomic E-state index is 12.5. The van der Waals surface area contributed by atoms with Crippen LogP contribution in [-0.2, 0) is 19.1 Å². The third-order valence-corrected chi connectivity index (χ3v) is 5.68. The molecule has 0 aromatic rings. The van der Waals surface area contributed by atoms with Crippen molar-refractivity contribution in [3.05, 3.63) is 22.3 Å². The zero-order valence-corrected chi connectivity index (χ0v) is 14.2. The fourth-order valence-electron chi connectivity index (χ4n) is 4.71. The highest BCUT2D eigenvalue weighted by molar-refractivity contribution is 6.02. The van der Waals surface area contributed by atoms with Gasteiger partial charge < -0.3 is 9.47 Å². The van der Waals surface area contributed by atoms with E-state index in [-0.39, 0.29) is 23.8 Å². The van der Waals surface area contributed by atoms with Crippen LogP contribution >= 0.6 is 0 Å². The average Bonchev–Trinajstić information content (AvgIpc) is 2.85. The van der Waals surface area contributed by atoms with E-state index >= 15 is 0 Å². The third-order valence-electron chi connectivity index (χ3n) is 5.68. The summed E-state index contributed by atoms with van der Waals surface area (Å²) in [6.45, 7) is 0. The Morgan fingerprint density at radius 1 is 0.739 bits per heavy atom. The Balaban J connectivity index is 2.16. The lowest BCUT2D eigenvalue weighted by atomic mass is 9.66. The fraction of sp³-hybridized carbons (Fsp3) is 0.684. The van der Waals surface area contributed by atoms with Gasteiger partial charge in [0.1, 0.15) is 0 Å². The first-order valence-corrected chi connectivity index (χ1v) is 8.81. The van der Waals surface area contributed by atoms with Crippen LogP contribution in [0, 0.1) is 11.8 Å². The predicted octanol–water partition coefficient (Wildman–Crippen LogP) is 3.71. The van der Waals surface area contributed by atoms with E-state index in [1.54, 1.807) is 0 Å². The molecule has 0 aliphatic heterocycles. The number of methoxy groups -OCH3 is 2. The van der Waals surface area contributed by atoms with Gasteiger partial charge in [0.25, 0.3) is 0 Å². The number of carbonyl (C=O) groups is 2. The largest absolute Gasteiger partial charge is 0.466 e. The van der Waals surface area contributed by atoms with Gasteiger partial charge in [0.2, 0.25) is 0 Å². The lowest BCUT2D eigenvalue weighted by Crippen LogP contribution is -2.33. The number of hydrogen-bond donors (Lipinski definition) is 0. The van der Waals surface area contributed by atoms with Gasteiger partial charge in [-0.3, -0.25) is 0 Å². The average molecular weight is 318 g/mol. The molecule has 23 heavy (non-hydrogen) atoms. The van der Waals surface area contributed by atoms with E-state index < -0.39 is 0 Å². The van der Waals surface area contributed by atoms with Crippen molar-refractivity contribution in [1.82, 2.24) is 0 Å². The van der Waals surface area contributed by atoms with Gasteiger partial charge in [0, 0.05) is 11.8 Å². The Labute approximate surface area is 137 Å². The molecule has 0 spiro atoms.